The Hall–Kier alpha value is -1.10. The minimum absolute atomic E-state index is 0.126. The molecular formula is C6H12N2O3. The quantitative estimate of drug-likeness (QED) is 0.488. The molecule has 0 aliphatic rings. The Morgan fingerprint density at radius 2 is 2.00 bits per heavy atom. The first-order valence-corrected chi connectivity index (χ1v) is 3.13. The smallest absolute Gasteiger partial charge is 0.323 e. The zero-order valence-electron chi connectivity index (χ0n) is 6.55. The van der Waals surface area contributed by atoms with Crippen molar-refractivity contribution in [3.63, 3.8) is 0 Å². The SMILES string of the molecule is CC(C)(NCC(N)=O)C(=O)O. The number of amides is 1. The second-order valence-corrected chi connectivity index (χ2v) is 2.75. The van der Waals surface area contributed by atoms with Crippen LogP contribution < -0.4 is 11.1 Å². The Morgan fingerprint density at radius 1 is 1.55 bits per heavy atom. The highest BCUT2D eigenvalue weighted by Gasteiger charge is 2.26. The standard InChI is InChI=1S/C6H12N2O3/c1-6(2,5(10)11)8-3-4(7)9/h8H,3H2,1-2H3,(H2,7,9)(H,10,11). The Bertz CT molecular complexity index is 177. The van der Waals surface area contributed by atoms with Gasteiger partial charge in [-0.1, -0.05) is 0 Å². The number of nitrogens with two attached hydrogens (primary N) is 1. The first-order valence-electron chi connectivity index (χ1n) is 3.13. The molecule has 0 fully saturated rings. The minimum atomic E-state index is -1.10. The lowest BCUT2D eigenvalue weighted by Crippen LogP contribution is -2.49. The van der Waals surface area contributed by atoms with E-state index in [1.54, 1.807) is 0 Å². The molecule has 0 aromatic heterocycles. The molecule has 11 heavy (non-hydrogen) atoms. The summed E-state index contributed by atoms with van der Waals surface area (Å²) < 4.78 is 0. The molecule has 4 N–H and O–H groups in total. The first-order chi connectivity index (χ1) is 4.86. The van der Waals surface area contributed by atoms with Crippen molar-refractivity contribution < 1.29 is 14.7 Å². The summed E-state index contributed by atoms with van der Waals surface area (Å²) in [6, 6.07) is 0. The third-order valence-electron chi connectivity index (χ3n) is 1.24. The molecule has 0 spiro atoms. The maximum absolute atomic E-state index is 10.4. The number of aliphatic carboxylic acids is 1. The van der Waals surface area contributed by atoms with Crippen LogP contribution in [0.25, 0.3) is 0 Å². The normalized spacial score (nSPS) is 11.1. The van der Waals surface area contributed by atoms with Crippen molar-refractivity contribution in [3.05, 3.63) is 0 Å². The zero-order chi connectivity index (χ0) is 9.07. The minimum Gasteiger partial charge on any atom is -0.480 e. The van der Waals surface area contributed by atoms with Gasteiger partial charge in [0, 0.05) is 0 Å². The summed E-state index contributed by atoms with van der Waals surface area (Å²) in [5.74, 6) is -1.59. The lowest BCUT2D eigenvalue weighted by atomic mass is 10.1. The summed E-state index contributed by atoms with van der Waals surface area (Å²) in [7, 11) is 0. The van der Waals surface area contributed by atoms with Crippen molar-refractivity contribution >= 4 is 11.9 Å². The van der Waals surface area contributed by atoms with E-state index in [9.17, 15) is 9.59 Å². The molecule has 0 aromatic rings. The van der Waals surface area contributed by atoms with Crippen molar-refractivity contribution in [1.82, 2.24) is 5.32 Å². The van der Waals surface area contributed by atoms with E-state index >= 15 is 0 Å². The first kappa shape index (κ1) is 9.90. The molecule has 0 saturated heterocycles. The van der Waals surface area contributed by atoms with Crippen molar-refractivity contribution in [2.75, 3.05) is 6.54 Å². The number of carbonyl (C=O) groups excluding carboxylic acids is 1. The molecule has 0 bridgehead atoms. The molecule has 0 radical (unpaired) electrons. The lowest BCUT2D eigenvalue weighted by molar-refractivity contribution is -0.143. The molecule has 5 heteroatoms. The third kappa shape index (κ3) is 3.57. The average Bonchev–Trinajstić information content (AvgIpc) is 1.84. The van der Waals surface area contributed by atoms with Gasteiger partial charge in [0.1, 0.15) is 5.54 Å². The number of hydrogen-bond acceptors (Lipinski definition) is 3. The predicted octanol–water partition coefficient (Wildman–Crippen LogP) is -1.08. The Morgan fingerprint density at radius 3 is 2.27 bits per heavy atom. The highest BCUT2D eigenvalue weighted by atomic mass is 16.4. The van der Waals surface area contributed by atoms with Crippen LogP contribution in [0.2, 0.25) is 0 Å². The molecule has 1 amide bonds. The van der Waals surface area contributed by atoms with E-state index in [1.165, 1.54) is 13.8 Å². The molecular weight excluding hydrogens is 148 g/mol. The van der Waals surface area contributed by atoms with Gasteiger partial charge >= 0.3 is 5.97 Å². The fourth-order valence-corrected chi connectivity index (χ4v) is 0.384. The summed E-state index contributed by atoms with van der Waals surface area (Å²) >= 11 is 0. The maximum atomic E-state index is 10.4. The molecule has 64 valence electrons. The molecule has 0 saturated carbocycles. The van der Waals surface area contributed by atoms with Crippen LogP contribution in [0.15, 0.2) is 0 Å². The fourth-order valence-electron chi connectivity index (χ4n) is 0.384. The van der Waals surface area contributed by atoms with Gasteiger partial charge in [0.15, 0.2) is 0 Å². The fraction of sp³-hybridized carbons (Fsp3) is 0.667. The summed E-state index contributed by atoms with van der Waals surface area (Å²) in [4.78, 5) is 20.7. The van der Waals surface area contributed by atoms with Gasteiger partial charge in [0.25, 0.3) is 0 Å². The van der Waals surface area contributed by atoms with E-state index in [2.05, 4.69) is 5.32 Å². The second kappa shape index (κ2) is 3.34. The predicted molar refractivity (Wildman–Crippen MR) is 38.9 cm³/mol. The number of carboxylic acid groups (broad SMARTS) is 1. The Balaban J connectivity index is 3.92. The van der Waals surface area contributed by atoms with Crippen molar-refractivity contribution in [1.29, 1.82) is 0 Å². The molecule has 0 aliphatic heterocycles. The van der Waals surface area contributed by atoms with Crippen LogP contribution in [-0.2, 0) is 9.59 Å². The van der Waals surface area contributed by atoms with Crippen LogP contribution in [-0.4, -0.2) is 29.1 Å². The summed E-state index contributed by atoms with van der Waals surface area (Å²) in [5, 5.41) is 11.0. The van der Waals surface area contributed by atoms with E-state index < -0.39 is 17.4 Å². The van der Waals surface area contributed by atoms with Crippen molar-refractivity contribution in [2.24, 2.45) is 5.73 Å². The molecule has 0 heterocycles. The van der Waals surface area contributed by atoms with E-state index in [4.69, 9.17) is 10.8 Å². The van der Waals surface area contributed by atoms with Gasteiger partial charge in [-0.3, -0.25) is 14.9 Å². The topological polar surface area (TPSA) is 92.4 Å². The van der Waals surface area contributed by atoms with Crippen LogP contribution in [0.3, 0.4) is 0 Å². The van der Waals surface area contributed by atoms with Gasteiger partial charge in [0.2, 0.25) is 5.91 Å². The van der Waals surface area contributed by atoms with Crippen molar-refractivity contribution in [3.8, 4) is 0 Å². The molecule has 5 nitrogen and oxygen atoms in total. The van der Waals surface area contributed by atoms with Gasteiger partial charge in [-0.05, 0) is 13.8 Å². The van der Waals surface area contributed by atoms with Gasteiger partial charge in [0.05, 0.1) is 6.54 Å². The van der Waals surface area contributed by atoms with E-state index in [-0.39, 0.29) is 6.54 Å². The van der Waals surface area contributed by atoms with Crippen molar-refractivity contribution in [2.45, 2.75) is 19.4 Å². The average molecular weight is 160 g/mol. The second-order valence-electron chi connectivity index (χ2n) is 2.75. The largest absolute Gasteiger partial charge is 0.480 e. The number of hydrogen-bond donors (Lipinski definition) is 3. The Labute approximate surface area is 64.6 Å². The lowest BCUT2D eigenvalue weighted by Gasteiger charge is -2.19. The van der Waals surface area contributed by atoms with Crippen LogP contribution in [0.1, 0.15) is 13.8 Å². The molecule has 0 unspecified atom stereocenters. The summed E-state index contributed by atoms with van der Waals surface area (Å²) in [5.41, 5.74) is 3.70. The van der Waals surface area contributed by atoms with Crippen LogP contribution in [0.4, 0.5) is 0 Å². The third-order valence-corrected chi connectivity index (χ3v) is 1.24. The summed E-state index contributed by atoms with van der Waals surface area (Å²) in [6.45, 7) is 2.79. The highest BCUT2D eigenvalue weighted by molar-refractivity contribution is 5.80. The zero-order valence-corrected chi connectivity index (χ0v) is 6.55. The molecule has 0 atom stereocenters. The van der Waals surface area contributed by atoms with Gasteiger partial charge in [-0.15, -0.1) is 0 Å². The maximum Gasteiger partial charge on any atom is 0.323 e. The Kier molecular flexibility index (Phi) is 3.00. The highest BCUT2D eigenvalue weighted by Crippen LogP contribution is 1.99. The molecule has 0 rings (SSSR count). The molecule has 0 aromatic carbocycles. The summed E-state index contributed by atoms with van der Waals surface area (Å²) in [6.07, 6.45) is 0. The number of carboxylic acids is 1. The number of nitrogens with one attached hydrogen (secondary N) is 1. The van der Waals surface area contributed by atoms with Crippen LogP contribution in [0, 0.1) is 0 Å². The molecule has 0 aliphatic carbocycles. The van der Waals surface area contributed by atoms with Crippen LogP contribution in [0.5, 0.6) is 0 Å². The van der Waals surface area contributed by atoms with E-state index in [1.807, 2.05) is 0 Å². The van der Waals surface area contributed by atoms with Gasteiger partial charge in [-0.2, -0.15) is 0 Å². The number of rotatable bonds is 4. The van der Waals surface area contributed by atoms with E-state index in [0.29, 0.717) is 0 Å². The monoisotopic (exact) mass is 160 g/mol. The number of carbonyl (C=O) groups is 2. The van der Waals surface area contributed by atoms with Gasteiger partial charge in [-0.25, -0.2) is 0 Å². The van der Waals surface area contributed by atoms with E-state index in [0.717, 1.165) is 0 Å². The van der Waals surface area contributed by atoms with Gasteiger partial charge < -0.3 is 10.8 Å². The van der Waals surface area contributed by atoms with Crippen LogP contribution >= 0.6 is 0 Å². The number of primary amides is 1.